The number of fused-ring (bicyclic) bond motifs is 2. The van der Waals surface area contributed by atoms with Crippen LogP contribution in [0.3, 0.4) is 0 Å². The van der Waals surface area contributed by atoms with Crippen LogP contribution in [0.4, 0.5) is 0 Å². The number of benzene rings is 2. The number of ether oxygens (including phenoxy) is 4. The summed E-state index contributed by atoms with van der Waals surface area (Å²) in [6.07, 6.45) is 0. The Labute approximate surface area is 148 Å². The first-order chi connectivity index (χ1) is 12.5. The minimum Gasteiger partial charge on any atom is -0.454 e. The number of rotatable bonds is 3. The maximum atomic E-state index is 11.6. The van der Waals surface area contributed by atoms with Gasteiger partial charge in [0.1, 0.15) is 11.3 Å². The highest BCUT2D eigenvalue weighted by Gasteiger charge is 2.22. The summed E-state index contributed by atoms with van der Waals surface area (Å²) in [4.78, 5) is 22.7. The fraction of sp³-hybridized carbons (Fsp3) is 0.158. The SMILES string of the molecule is CC(=O)Oc1ccc2c(OC(C)=O)c(-c3ccc4c(c3)OCO4)oc2c1. The molecule has 1 aliphatic heterocycles. The van der Waals surface area contributed by atoms with Gasteiger partial charge in [-0.05, 0) is 30.3 Å². The van der Waals surface area contributed by atoms with E-state index in [1.807, 2.05) is 0 Å². The van der Waals surface area contributed by atoms with E-state index in [1.54, 1.807) is 36.4 Å². The highest BCUT2D eigenvalue weighted by molar-refractivity contribution is 5.95. The van der Waals surface area contributed by atoms with E-state index in [0.717, 1.165) is 0 Å². The van der Waals surface area contributed by atoms with Gasteiger partial charge in [0, 0.05) is 25.5 Å². The largest absolute Gasteiger partial charge is 0.454 e. The van der Waals surface area contributed by atoms with Crippen LogP contribution in [0.15, 0.2) is 40.8 Å². The average molecular weight is 354 g/mol. The highest BCUT2D eigenvalue weighted by atomic mass is 16.7. The Kier molecular flexibility index (Phi) is 3.76. The molecule has 7 nitrogen and oxygen atoms in total. The smallest absolute Gasteiger partial charge is 0.308 e. The molecule has 0 aliphatic carbocycles. The van der Waals surface area contributed by atoms with Crippen molar-refractivity contribution in [2.75, 3.05) is 6.79 Å². The van der Waals surface area contributed by atoms with Crippen LogP contribution in [0, 0.1) is 0 Å². The van der Waals surface area contributed by atoms with Gasteiger partial charge < -0.3 is 23.4 Å². The molecule has 1 aliphatic rings. The summed E-state index contributed by atoms with van der Waals surface area (Å²) in [5.74, 6) is 1.30. The molecule has 0 bridgehead atoms. The summed E-state index contributed by atoms with van der Waals surface area (Å²) in [6.45, 7) is 2.78. The molecule has 2 heterocycles. The zero-order valence-electron chi connectivity index (χ0n) is 14.0. The molecule has 0 N–H and O–H groups in total. The van der Waals surface area contributed by atoms with Gasteiger partial charge in [-0.15, -0.1) is 0 Å². The Morgan fingerprint density at radius 2 is 1.69 bits per heavy atom. The van der Waals surface area contributed by atoms with E-state index in [-0.39, 0.29) is 6.79 Å². The van der Waals surface area contributed by atoms with Crippen molar-refractivity contribution >= 4 is 22.9 Å². The Balaban J connectivity index is 1.86. The van der Waals surface area contributed by atoms with Crippen LogP contribution in [-0.4, -0.2) is 18.7 Å². The number of carbonyl (C=O) groups is 2. The lowest BCUT2D eigenvalue weighted by Gasteiger charge is -2.04. The van der Waals surface area contributed by atoms with Gasteiger partial charge in [-0.25, -0.2) is 0 Å². The van der Waals surface area contributed by atoms with Crippen LogP contribution < -0.4 is 18.9 Å². The molecule has 0 atom stereocenters. The molecule has 0 unspecified atom stereocenters. The molecule has 0 saturated heterocycles. The first kappa shape index (κ1) is 16.0. The predicted octanol–water partition coefficient (Wildman–Crippen LogP) is 3.68. The van der Waals surface area contributed by atoms with Crippen LogP contribution in [0.25, 0.3) is 22.3 Å². The van der Waals surface area contributed by atoms with E-state index in [9.17, 15) is 9.59 Å². The summed E-state index contributed by atoms with van der Waals surface area (Å²) >= 11 is 0. The number of hydrogen-bond acceptors (Lipinski definition) is 7. The second-order valence-electron chi connectivity index (χ2n) is 5.67. The van der Waals surface area contributed by atoms with Crippen molar-refractivity contribution in [3.05, 3.63) is 36.4 Å². The van der Waals surface area contributed by atoms with Crippen LogP contribution in [0.5, 0.6) is 23.0 Å². The van der Waals surface area contributed by atoms with Gasteiger partial charge >= 0.3 is 11.9 Å². The quantitative estimate of drug-likeness (QED) is 0.524. The normalized spacial score (nSPS) is 12.2. The zero-order chi connectivity index (χ0) is 18.3. The van der Waals surface area contributed by atoms with Gasteiger partial charge in [0.2, 0.25) is 6.79 Å². The maximum absolute atomic E-state index is 11.6. The molecule has 0 spiro atoms. The second kappa shape index (κ2) is 6.11. The summed E-state index contributed by atoms with van der Waals surface area (Å²) in [6, 6.07) is 10.1. The molecule has 2 aromatic carbocycles. The third-order valence-corrected chi connectivity index (χ3v) is 3.76. The van der Waals surface area contributed by atoms with Gasteiger partial charge in [0.15, 0.2) is 23.0 Å². The van der Waals surface area contributed by atoms with Crippen molar-refractivity contribution in [2.45, 2.75) is 13.8 Å². The first-order valence-electron chi connectivity index (χ1n) is 7.84. The van der Waals surface area contributed by atoms with E-state index in [4.69, 9.17) is 23.4 Å². The lowest BCUT2D eigenvalue weighted by molar-refractivity contribution is -0.132. The fourth-order valence-corrected chi connectivity index (χ4v) is 2.76. The third kappa shape index (κ3) is 2.83. The monoisotopic (exact) mass is 354 g/mol. The van der Waals surface area contributed by atoms with Crippen LogP contribution >= 0.6 is 0 Å². The topological polar surface area (TPSA) is 84.2 Å². The first-order valence-corrected chi connectivity index (χ1v) is 7.84. The fourth-order valence-electron chi connectivity index (χ4n) is 2.76. The van der Waals surface area contributed by atoms with Crippen LogP contribution in [0.1, 0.15) is 13.8 Å². The van der Waals surface area contributed by atoms with Crippen molar-refractivity contribution in [1.82, 2.24) is 0 Å². The van der Waals surface area contributed by atoms with E-state index in [2.05, 4.69) is 0 Å². The van der Waals surface area contributed by atoms with E-state index < -0.39 is 11.9 Å². The molecule has 132 valence electrons. The molecular formula is C19H14O7. The molecule has 0 saturated carbocycles. The molecule has 7 heteroatoms. The Morgan fingerprint density at radius 3 is 2.46 bits per heavy atom. The minimum atomic E-state index is -0.473. The summed E-state index contributed by atoms with van der Waals surface area (Å²) in [5.41, 5.74) is 1.09. The Morgan fingerprint density at radius 1 is 0.923 bits per heavy atom. The van der Waals surface area contributed by atoms with Crippen molar-refractivity contribution in [3.8, 4) is 34.3 Å². The molecule has 0 radical (unpaired) electrons. The van der Waals surface area contributed by atoms with Gasteiger partial charge in [-0.2, -0.15) is 0 Å². The van der Waals surface area contributed by atoms with Crippen LogP contribution in [-0.2, 0) is 9.59 Å². The minimum absolute atomic E-state index is 0.154. The average Bonchev–Trinajstić information content (AvgIpc) is 3.17. The van der Waals surface area contributed by atoms with E-state index in [0.29, 0.717) is 45.3 Å². The summed E-state index contributed by atoms with van der Waals surface area (Å²) in [5, 5.41) is 0.587. The predicted molar refractivity (Wildman–Crippen MR) is 90.4 cm³/mol. The van der Waals surface area contributed by atoms with Gasteiger partial charge in [0.25, 0.3) is 0 Å². The molecule has 26 heavy (non-hydrogen) atoms. The molecular weight excluding hydrogens is 340 g/mol. The van der Waals surface area contributed by atoms with Crippen molar-refractivity contribution in [1.29, 1.82) is 0 Å². The maximum Gasteiger partial charge on any atom is 0.308 e. The zero-order valence-corrected chi connectivity index (χ0v) is 14.0. The second-order valence-corrected chi connectivity index (χ2v) is 5.67. The van der Waals surface area contributed by atoms with Gasteiger partial charge in [-0.3, -0.25) is 9.59 Å². The summed E-state index contributed by atoms with van der Waals surface area (Å²) < 4.78 is 27.1. The highest BCUT2D eigenvalue weighted by Crippen LogP contribution is 2.44. The number of furan rings is 1. The molecule has 3 aromatic rings. The molecule has 0 amide bonds. The lowest BCUT2D eigenvalue weighted by Crippen LogP contribution is -2.02. The third-order valence-electron chi connectivity index (χ3n) is 3.76. The van der Waals surface area contributed by atoms with Crippen molar-refractivity contribution < 1.29 is 33.0 Å². The van der Waals surface area contributed by atoms with E-state index >= 15 is 0 Å². The van der Waals surface area contributed by atoms with Crippen LogP contribution in [0.2, 0.25) is 0 Å². The standard InChI is InChI=1S/C19H14O7/c1-10(20)24-13-4-5-14-16(8-13)26-18(19(14)25-11(2)21)12-3-6-15-17(7-12)23-9-22-15/h3-8H,9H2,1-2H3. The van der Waals surface area contributed by atoms with Gasteiger partial charge in [0.05, 0.1) is 5.39 Å². The number of hydrogen-bond donors (Lipinski definition) is 0. The van der Waals surface area contributed by atoms with E-state index in [1.165, 1.54) is 13.8 Å². The summed E-state index contributed by atoms with van der Waals surface area (Å²) in [7, 11) is 0. The van der Waals surface area contributed by atoms with Crippen molar-refractivity contribution in [2.24, 2.45) is 0 Å². The Bertz CT molecular complexity index is 1030. The molecule has 1 aromatic heterocycles. The number of esters is 2. The lowest BCUT2D eigenvalue weighted by atomic mass is 10.1. The van der Waals surface area contributed by atoms with Gasteiger partial charge in [-0.1, -0.05) is 0 Å². The molecule has 4 rings (SSSR count). The van der Waals surface area contributed by atoms with Crippen molar-refractivity contribution in [3.63, 3.8) is 0 Å². The number of carbonyl (C=O) groups excluding carboxylic acids is 2. The Hall–Kier alpha value is -3.48. The molecule has 0 fully saturated rings.